The van der Waals surface area contributed by atoms with Gasteiger partial charge >= 0.3 is 6.09 Å². The minimum Gasteiger partial charge on any atom is -0.453 e. The lowest BCUT2D eigenvalue weighted by Crippen LogP contribution is -2.42. The normalized spacial score (nSPS) is 24.4. The van der Waals surface area contributed by atoms with E-state index in [0.29, 0.717) is 0 Å². The standard InChI is InChI=1S/C18H23NO2/c1-21-18(20)19-16(12-11-14-7-3-2-4-8-14)13-15-9-5-6-10-17(15)19/h2-4,7-9,16-17H,5-6,10-13H2,1H3/t16-,17+/m1/s1. The minimum absolute atomic E-state index is 0.164. The third-order valence-electron chi connectivity index (χ3n) is 4.71. The number of allylic oxidation sites excluding steroid dienone is 1. The molecule has 1 aromatic carbocycles. The molecule has 1 aliphatic carbocycles. The van der Waals surface area contributed by atoms with Crippen molar-refractivity contribution in [2.75, 3.05) is 7.11 Å². The van der Waals surface area contributed by atoms with Crippen molar-refractivity contribution in [2.24, 2.45) is 0 Å². The Morgan fingerprint density at radius 3 is 2.90 bits per heavy atom. The Bertz CT molecular complexity index is 523. The van der Waals surface area contributed by atoms with E-state index in [1.807, 2.05) is 11.0 Å². The van der Waals surface area contributed by atoms with E-state index in [1.54, 1.807) is 0 Å². The van der Waals surface area contributed by atoms with Crippen LogP contribution >= 0.6 is 0 Å². The summed E-state index contributed by atoms with van der Waals surface area (Å²) in [6.45, 7) is 0. The molecule has 2 atom stereocenters. The summed E-state index contributed by atoms with van der Waals surface area (Å²) in [7, 11) is 1.49. The molecule has 21 heavy (non-hydrogen) atoms. The fraction of sp³-hybridized carbons (Fsp3) is 0.500. The molecule has 3 rings (SSSR count). The summed E-state index contributed by atoms with van der Waals surface area (Å²) in [4.78, 5) is 14.2. The molecule has 0 radical (unpaired) electrons. The number of nitrogens with zero attached hydrogens (tertiary/aromatic N) is 1. The van der Waals surface area contributed by atoms with Crippen molar-refractivity contribution in [2.45, 2.75) is 50.6 Å². The van der Waals surface area contributed by atoms with Gasteiger partial charge in [0.15, 0.2) is 0 Å². The highest BCUT2D eigenvalue weighted by molar-refractivity contribution is 5.70. The molecular weight excluding hydrogens is 262 g/mol. The van der Waals surface area contributed by atoms with Gasteiger partial charge in [-0.05, 0) is 49.7 Å². The van der Waals surface area contributed by atoms with E-state index in [1.165, 1.54) is 24.7 Å². The molecule has 0 spiro atoms. The maximum absolute atomic E-state index is 12.2. The van der Waals surface area contributed by atoms with Crippen LogP contribution in [0, 0.1) is 0 Å². The van der Waals surface area contributed by atoms with Crippen LogP contribution in [0.1, 0.15) is 37.7 Å². The minimum atomic E-state index is -0.164. The summed E-state index contributed by atoms with van der Waals surface area (Å²) < 4.78 is 5.03. The number of amides is 1. The third kappa shape index (κ3) is 2.97. The molecule has 1 heterocycles. The second kappa shape index (κ2) is 6.33. The fourth-order valence-corrected chi connectivity index (χ4v) is 3.68. The second-order valence-electron chi connectivity index (χ2n) is 5.99. The molecule has 3 heteroatoms. The van der Waals surface area contributed by atoms with Gasteiger partial charge in [0.25, 0.3) is 0 Å². The van der Waals surface area contributed by atoms with E-state index in [0.717, 1.165) is 32.1 Å². The molecule has 0 saturated carbocycles. The van der Waals surface area contributed by atoms with Crippen molar-refractivity contribution >= 4 is 6.09 Å². The number of fused-ring (bicyclic) bond motifs is 1. The smallest absolute Gasteiger partial charge is 0.410 e. The van der Waals surface area contributed by atoms with Crippen LogP contribution in [0.25, 0.3) is 0 Å². The van der Waals surface area contributed by atoms with Gasteiger partial charge in [-0.2, -0.15) is 0 Å². The zero-order valence-corrected chi connectivity index (χ0v) is 12.6. The number of hydrogen-bond acceptors (Lipinski definition) is 2. The molecule has 1 fully saturated rings. The van der Waals surface area contributed by atoms with Crippen LogP contribution in [0.2, 0.25) is 0 Å². The van der Waals surface area contributed by atoms with Crippen molar-refractivity contribution in [1.82, 2.24) is 4.90 Å². The molecular formula is C18H23NO2. The number of carbonyl (C=O) groups excluding carboxylic acids is 1. The van der Waals surface area contributed by atoms with Gasteiger partial charge in [-0.1, -0.05) is 36.4 Å². The van der Waals surface area contributed by atoms with E-state index in [-0.39, 0.29) is 18.2 Å². The molecule has 0 N–H and O–H groups in total. The second-order valence-corrected chi connectivity index (χ2v) is 5.99. The third-order valence-corrected chi connectivity index (χ3v) is 4.71. The van der Waals surface area contributed by atoms with Crippen LogP contribution in [0.15, 0.2) is 42.0 Å². The summed E-state index contributed by atoms with van der Waals surface area (Å²) in [5, 5.41) is 0. The summed E-state index contributed by atoms with van der Waals surface area (Å²) in [5.74, 6) is 0. The highest BCUT2D eigenvalue weighted by Crippen LogP contribution is 2.37. The average molecular weight is 285 g/mol. The van der Waals surface area contributed by atoms with Crippen molar-refractivity contribution in [1.29, 1.82) is 0 Å². The van der Waals surface area contributed by atoms with E-state index >= 15 is 0 Å². The summed E-state index contributed by atoms with van der Waals surface area (Å²) in [5.41, 5.74) is 2.79. The Kier molecular flexibility index (Phi) is 4.28. The number of benzene rings is 1. The largest absolute Gasteiger partial charge is 0.453 e. The summed E-state index contributed by atoms with van der Waals surface area (Å²) >= 11 is 0. The van der Waals surface area contributed by atoms with Crippen molar-refractivity contribution < 1.29 is 9.53 Å². The maximum Gasteiger partial charge on any atom is 0.410 e. The van der Waals surface area contributed by atoms with E-state index in [4.69, 9.17) is 4.74 Å². The molecule has 1 amide bonds. The highest BCUT2D eigenvalue weighted by Gasteiger charge is 2.40. The molecule has 1 aliphatic heterocycles. The first-order valence-electron chi connectivity index (χ1n) is 7.88. The summed E-state index contributed by atoms with van der Waals surface area (Å²) in [6.07, 6.45) is 8.64. The molecule has 112 valence electrons. The van der Waals surface area contributed by atoms with Gasteiger partial charge in [0.05, 0.1) is 13.2 Å². The predicted octanol–water partition coefficient (Wildman–Crippen LogP) is 3.94. The van der Waals surface area contributed by atoms with Crippen LogP contribution in [0.3, 0.4) is 0 Å². The van der Waals surface area contributed by atoms with Gasteiger partial charge < -0.3 is 4.74 Å². The van der Waals surface area contributed by atoms with Crippen molar-refractivity contribution in [3.63, 3.8) is 0 Å². The van der Waals surface area contributed by atoms with Crippen LogP contribution in [-0.4, -0.2) is 30.2 Å². The molecule has 0 aromatic heterocycles. The average Bonchev–Trinajstić information content (AvgIpc) is 2.91. The number of rotatable bonds is 3. The summed E-state index contributed by atoms with van der Waals surface area (Å²) in [6, 6.07) is 11.1. The number of likely N-dealkylation sites (tertiary alicyclic amines) is 1. The molecule has 2 aliphatic rings. The van der Waals surface area contributed by atoms with E-state index in [2.05, 4.69) is 30.3 Å². The van der Waals surface area contributed by atoms with Gasteiger partial charge in [0.1, 0.15) is 0 Å². The SMILES string of the molecule is COC(=O)N1[C@H](CCc2ccccc2)CC2=CCCC[C@@H]21. The Hall–Kier alpha value is -1.77. The number of hydrogen-bond donors (Lipinski definition) is 0. The number of aryl methyl sites for hydroxylation is 1. The fourth-order valence-electron chi connectivity index (χ4n) is 3.68. The Morgan fingerprint density at radius 1 is 1.33 bits per heavy atom. The lowest BCUT2D eigenvalue weighted by molar-refractivity contribution is 0.100. The topological polar surface area (TPSA) is 29.5 Å². The van der Waals surface area contributed by atoms with Crippen molar-refractivity contribution in [3.8, 4) is 0 Å². The lowest BCUT2D eigenvalue weighted by Gasteiger charge is -2.30. The van der Waals surface area contributed by atoms with Crippen LogP contribution < -0.4 is 0 Å². The number of carbonyl (C=O) groups is 1. The first-order valence-corrected chi connectivity index (χ1v) is 7.88. The molecule has 0 unspecified atom stereocenters. The number of ether oxygens (including phenoxy) is 1. The highest BCUT2D eigenvalue weighted by atomic mass is 16.5. The van der Waals surface area contributed by atoms with Gasteiger partial charge in [-0.3, -0.25) is 4.90 Å². The van der Waals surface area contributed by atoms with Gasteiger partial charge in [-0.25, -0.2) is 4.79 Å². The van der Waals surface area contributed by atoms with Gasteiger partial charge in [0, 0.05) is 6.04 Å². The Morgan fingerprint density at radius 2 is 2.14 bits per heavy atom. The Labute approximate surface area is 126 Å². The predicted molar refractivity (Wildman–Crippen MR) is 83.1 cm³/mol. The van der Waals surface area contributed by atoms with Crippen molar-refractivity contribution in [3.05, 3.63) is 47.5 Å². The quantitative estimate of drug-likeness (QED) is 0.787. The van der Waals surface area contributed by atoms with Crippen LogP contribution in [-0.2, 0) is 11.2 Å². The molecule has 1 aromatic rings. The zero-order chi connectivity index (χ0) is 14.7. The van der Waals surface area contributed by atoms with Gasteiger partial charge in [-0.15, -0.1) is 0 Å². The zero-order valence-electron chi connectivity index (χ0n) is 12.6. The monoisotopic (exact) mass is 285 g/mol. The first kappa shape index (κ1) is 14.2. The lowest BCUT2D eigenvalue weighted by atomic mass is 9.94. The number of methoxy groups -OCH3 is 1. The molecule has 3 nitrogen and oxygen atoms in total. The van der Waals surface area contributed by atoms with E-state index < -0.39 is 0 Å². The molecule has 0 bridgehead atoms. The van der Waals surface area contributed by atoms with Gasteiger partial charge in [0.2, 0.25) is 0 Å². The Balaban J connectivity index is 1.72. The van der Waals surface area contributed by atoms with E-state index in [9.17, 15) is 4.79 Å². The van der Waals surface area contributed by atoms with Crippen LogP contribution in [0.4, 0.5) is 4.79 Å². The maximum atomic E-state index is 12.2. The molecule has 1 saturated heterocycles. The van der Waals surface area contributed by atoms with Crippen LogP contribution in [0.5, 0.6) is 0 Å². The first-order chi connectivity index (χ1) is 10.3.